The number of ketones is 1. The number of aryl methyl sites for hydroxylation is 1. The van der Waals surface area contributed by atoms with Crippen LogP contribution in [0.2, 0.25) is 0 Å². The summed E-state index contributed by atoms with van der Waals surface area (Å²) in [5.41, 5.74) is 1.41. The highest BCUT2D eigenvalue weighted by molar-refractivity contribution is 5.97. The summed E-state index contributed by atoms with van der Waals surface area (Å²) < 4.78 is 5.11. The second kappa shape index (κ2) is 5.48. The number of Topliss-reactive ketones (excluding diaryl/α,β-unsaturated/α-hetero) is 1. The molecular formula is C13H17NO3. The van der Waals surface area contributed by atoms with Crippen molar-refractivity contribution >= 4 is 11.7 Å². The molecule has 0 bridgehead atoms. The van der Waals surface area contributed by atoms with Crippen LogP contribution in [0.5, 0.6) is 5.75 Å². The topological polar surface area (TPSA) is 55.4 Å². The molecule has 17 heavy (non-hydrogen) atoms. The largest absolute Gasteiger partial charge is 0.496 e. The summed E-state index contributed by atoms with van der Waals surface area (Å²) in [6.07, 6.45) is 0. The molecule has 0 fully saturated rings. The minimum atomic E-state index is -0.468. The second-order valence-electron chi connectivity index (χ2n) is 3.99. The highest BCUT2D eigenvalue weighted by atomic mass is 16.5. The van der Waals surface area contributed by atoms with E-state index < -0.39 is 6.04 Å². The molecule has 0 aromatic heterocycles. The Balaban J connectivity index is 2.83. The Morgan fingerprint density at radius 3 is 2.47 bits per heavy atom. The van der Waals surface area contributed by atoms with Gasteiger partial charge in [-0.05, 0) is 44.5 Å². The first kappa shape index (κ1) is 13.2. The van der Waals surface area contributed by atoms with Crippen molar-refractivity contribution < 1.29 is 14.3 Å². The molecule has 1 N–H and O–H groups in total. The van der Waals surface area contributed by atoms with Gasteiger partial charge in [-0.2, -0.15) is 0 Å². The first-order valence-corrected chi connectivity index (χ1v) is 5.41. The number of nitrogens with one attached hydrogen (secondary N) is 1. The predicted molar refractivity (Wildman–Crippen MR) is 65.3 cm³/mol. The zero-order valence-corrected chi connectivity index (χ0v) is 10.5. The summed E-state index contributed by atoms with van der Waals surface area (Å²) in [4.78, 5) is 22.9. The minimum absolute atomic E-state index is 0.0661. The fourth-order valence-electron chi connectivity index (χ4n) is 1.40. The molecule has 0 saturated heterocycles. The molecule has 0 aliphatic carbocycles. The van der Waals surface area contributed by atoms with Gasteiger partial charge in [0.05, 0.1) is 13.2 Å². The van der Waals surface area contributed by atoms with E-state index in [2.05, 4.69) is 5.32 Å². The van der Waals surface area contributed by atoms with Gasteiger partial charge in [-0.1, -0.05) is 0 Å². The lowest BCUT2D eigenvalue weighted by Crippen LogP contribution is -2.37. The molecule has 1 amide bonds. The molecule has 0 saturated carbocycles. The molecule has 1 aromatic carbocycles. The van der Waals surface area contributed by atoms with E-state index in [4.69, 9.17) is 4.74 Å². The van der Waals surface area contributed by atoms with Gasteiger partial charge in [0.1, 0.15) is 5.75 Å². The van der Waals surface area contributed by atoms with Crippen molar-refractivity contribution in [3.05, 3.63) is 29.3 Å². The van der Waals surface area contributed by atoms with Crippen molar-refractivity contribution in [2.45, 2.75) is 26.8 Å². The van der Waals surface area contributed by atoms with Crippen molar-refractivity contribution in [3.63, 3.8) is 0 Å². The SMILES string of the molecule is COc1ccc(C(=O)NC(C)C(C)=O)cc1C. The van der Waals surface area contributed by atoms with Crippen LogP contribution in [0.25, 0.3) is 0 Å². The molecular weight excluding hydrogens is 218 g/mol. The van der Waals surface area contributed by atoms with Gasteiger partial charge in [-0.15, -0.1) is 0 Å². The number of rotatable bonds is 4. The Morgan fingerprint density at radius 2 is 2.00 bits per heavy atom. The molecule has 0 aliphatic rings. The molecule has 1 unspecified atom stereocenters. The maximum absolute atomic E-state index is 11.8. The van der Waals surface area contributed by atoms with Crippen LogP contribution in [0.15, 0.2) is 18.2 Å². The summed E-state index contributed by atoms with van der Waals surface area (Å²) in [5.74, 6) is 0.420. The van der Waals surface area contributed by atoms with E-state index in [1.54, 1.807) is 32.2 Å². The Bertz CT molecular complexity index is 440. The fraction of sp³-hybridized carbons (Fsp3) is 0.385. The highest BCUT2D eigenvalue weighted by Crippen LogP contribution is 2.18. The number of carbonyl (C=O) groups is 2. The smallest absolute Gasteiger partial charge is 0.251 e. The lowest BCUT2D eigenvalue weighted by Gasteiger charge is -2.11. The van der Waals surface area contributed by atoms with Crippen LogP contribution in [0.1, 0.15) is 29.8 Å². The van der Waals surface area contributed by atoms with E-state index >= 15 is 0 Å². The van der Waals surface area contributed by atoms with Crippen LogP contribution in [0.4, 0.5) is 0 Å². The van der Waals surface area contributed by atoms with E-state index in [1.165, 1.54) is 6.92 Å². The average Bonchev–Trinajstić information content (AvgIpc) is 2.28. The van der Waals surface area contributed by atoms with Crippen molar-refractivity contribution in [3.8, 4) is 5.75 Å². The van der Waals surface area contributed by atoms with Gasteiger partial charge in [0.2, 0.25) is 0 Å². The molecule has 0 aliphatic heterocycles. The number of benzene rings is 1. The van der Waals surface area contributed by atoms with E-state index in [1.807, 2.05) is 6.92 Å². The Hall–Kier alpha value is -1.84. The first-order chi connectivity index (χ1) is 7.95. The molecule has 92 valence electrons. The van der Waals surface area contributed by atoms with Gasteiger partial charge < -0.3 is 10.1 Å². The lowest BCUT2D eigenvalue weighted by atomic mass is 10.1. The molecule has 4 heteroatoms. The normalized spacial score (nSPS) is 11.8. The number of hydrogen-bond acceptors (Lipinski definition) is 3. The predicted octanol–water partition coefficient (Wildman–Crippen LogP) is 1.71. The summed E-state index contributed by atoms with van der Waals surface area (Å²) in [7, 11) is 1.58. The zero-order valence-electron chi connectivity index (χ0n) is 10.5. The quantitative estimate of drug-likeness (QED) is 0.864. The Kier molecular flexibility index (Phi) is 4.26. The lowest BCUT2D eigenvalue weighted by molar-refractivity contribution is -0.118. The van der Waals surface area contributed by atoms with E-state index in [-0.39, 0.29) is 11.7 Å². The molecule has 1 aromatic rings. The number of ether oxygens (including phenoxy) is 1. The number of amides is 1. The van der Waals surface area contributed by atoms with Crippen LogP contribution in [-0.4, -0.2) is 24.8 Å². The van der Waals surface area contributed by atoms with Gasteiger partial charge >= 0.3 is 0 Å². The van der Waals surface area contributed by atoms with E-state index in [9.17, 15) is 9.59 Å². The highest BCUT2D eigenvalue weighted by Gasteiger charge is 2.13. The molecule has 1 rings (SSSR count). The Morgan fingerprint density at radius 1 is 1.35 bits per heavy atom. The van der Waals surface area contributed by atoms with Crippen molar-refractivity contribution in [1.29, 1.82) is 0 Å². The third-order valence-electron chi connectivity index (χ3n) is 2.61. The summed E-state index contributed by atoms with van der Waals surface area (Å²) in [5, 5.41) is 2.63. The third kappa shape index (κ3) is 3.31. The fourth-order valence-corrected chi connectivity index (χ4v) is 1.40. The molecule has 0 heterocycles. The summed E-state index contributed by atoms with van der Waals surface area (Å²) in [6, 6.07) is 4.68. The zero-order chi connectivity index (χ0) is 13.0. The number of carbonyl (C=O) groups excluding carboxylic acids is 2. The maximum Gasteiger partial charge on any atom is 0.251 e. The van der Waals surface area contributed by atoms with Gasteiger partial charge in [-0.25, -0.2) is 0 Å². The minimum Gasteiger partial charge on any atom is -0.496 e. The van der Waals surface area contributed by atoms with Crippen LogP contribution in [0.3, 0.4) is 0 Å². The Labute approximate surface area is 101 Å². The number of hydrogen-bond donors (Lipinski definition) is 1. The average molecular weight is 235 g/mol. The van der Waals surface area contributed by atoms with Gasteiger partial charge in [0.15, 0.2) is 5.78 Å². The van der Waals surface area contributed by atoms with Crippen molar-refractivity contribution in [2.75, 3.05) is 7.11 Å². The number of methoxy groups -OCH3 is 1. The van der Waals surface area contributed by atoms with Gasteiger partial charge in [0, 0.05) is 5.56 Å². The van der Waals surface area contributed by atoms with Crippen molar-refractivity contribution in [1.82, 2.24) is 5.32 Å². The monoisotopic (exact) mass is 235 g/mol. The standard InChI is InChI=1S/C13H17NO3/c1-8-7-11(5-6-12(8)17-4)13(16)14-9(2)10(3)15/h5-7,9H,1-4H3,(H,14,16). The molecule has 1 atom stereocenters. The summed E-state index contributed by atoms with van der Waals surface area (Å²) in [6.45, 7) is 4.98. The first-order valence-electron chi connectivity index (χ1n) is 5.41. The summed E-state index contributed by atoms with van der Waals surface area (Å²) >= 11 is 0. The third-order valence-corrected chi connectivity index (χ3v) is 2.61. The second-order valence-corrected chi connectivity index (χ2v) is 3.99. The molecule has 0 radical (unpaired) electrons. The van der Waals surface area contributed by atoms with Crippen LogP contribution < -0.4 is 10.1 Å². The molecule has 4 nitrogen and oxygen atoms in total. The van der Waals surface area contributed by atoms with E-state index in [0.717, 1.165) is 11.3 Å². The van der Waals surface area contributed by atoms with Crippen LogP contribution in [0, 0.1) is 6.92 Å². The van der Waals surface area contributed by atoms with E-state index in [0.29, 0.717) is 5.56 Å². The van der Waals surface area contributed by atoms with Crippen LogP contribution >= 0.6 is 0 Å². The van der Waals surface area contributed by atoms with Gasteiger partial charge in [-0.3, -0.25) is 9.59 Å². The maximum atomic E-state index is 11.8. The van der Waals surface area contributed by atoms with Crippen molar-refractivity contribution in [2.24, 2.45) is 0 Å². The van der Waals surface area contributed by atoms with Gasteiger partial charge in [0.25, 0.3) is 5.91 Å². The van der Waals surface area contributed by atoms with Crippen LogP contribution in [-0.2, 0) is 4.79 Å². The molecule has 0 spiro atoms.